The van der Waals surface area contributed by atoms with E-state index in [4.69, 9.17) is 0 Å². The molecule has 2 nitrogen and oxygen atoms in total. The van der Waals surface area contributed by atoms with Crippen LogP contribution in [0.1, 0.15) is 20.8 Å². The van der Waals surface area contributed by atoms with E-state index in [0.29, 0.717) is 0 Å². The fraction of sp³-hybridized carbons (Fsp3) is 1.00. The van der Waals surface area contributed by atoms with Gasteiger partial charge in [-0.3, -0.25) is 0 Å². The summed E-state index contributed by atoms with van der Waals surface area (Å²) in [4.78, 5) is 2.81. The maximum Gasteiger partial charge on any atom is 0.377 e. The normalized spacial score (nSPS) is 10.7. The van der Waals surface area contributed by atoms with E-state index in [1.165, 1.54) is 0 Å². The molecule has 42 valence electrons. The van der Waals surface area contributed by atoms with Crippen molar-refractivity contribution in [2.24, 2.45) is 0 Å². The van der Waals surface area contributed by atoms with Gasteiger partial charge < -0.3 is 9.44 Å². The molecule has 0 bridgehead atoms. The van der Waals surface area contributed by atoms with Crippen molar-refractivity contribution < 1.29 is 4.46 Å². The first-order chi connectivity index (χ1) is 3.06. The first-order valence-corrected chi connectivity index (χ1v) is 3.32. The Morgan fingerprint density at radius 2 is 1.86 bits per heavy atom. The van der Waals surface area contributed by atoms with E-state index in [9.17, 15) is 4.46 Å². The predicted molar refractivity (Wildman–Crippen MR) is 30.7 cm³/mol. The Bertz CT molecular complexity index is 66.6. The van der Waals surface area contributed by atoms with Crippen molar-refractivity contribution in [3.63, 3.8) is 0 Å². The van der Waals surface area contributed by atoms with Gasteiger partial charge in [-0.15, -0.1) is 0 Å². The lowest BCUT2D eigenvalue weighted by Gasteiger charge is -2.15. The molecule has 0 saturated carbocycles. The van der Waals surface area contributed by atoms with Gasteiger partial charge in [0.15, 0.2) is 0 Å². The third kappa shape index (κ3) is 5.82. The molecule has 0 aliphatic heterocycles. The highest BCUT2D eigenvalue weighted by Gasteiger charge is 2.04. The number of nitrogens with one attached hydrogen (secondary N) is 1. The average molecular weight is 117 g/mol. The molecule has 0 atom stereocenters. The Balaban J connectivity index is 3.34. The van der Waals surface area contributed by atoms with E-state index < -0.39 is 9.57 Å². The minimum absolute atomic E-state index is 0.0249. The molecule has 0 radical (unpaired) electrons. The van der Waals surface area contributed by atoms with Gasteiger partial charge in [-0.05, 0) is 20.8 Å². The predicted octanol–water partition coefficient (Wildman–Crippen LogP) is 0.0715. The Morgan fingerprint density at radius 1 is 1.43 bits per heavy atom. The number of rotatable bonds is 1. The fourth-order valence-electron chi connectivity index (χ4n) is 0.177. The second-order valence-corrected chi connectivity index (χ2v) is 3.04. The van der Waals surface area contributed by atoms with Gasteiger partial charge in [0.2, 0.25) is 0 Å². The summed E-state index contributed by atoms with van der Waals surface area (Å²) in [5, 5.41) is 0. The van der Waals surface area contributed by atoms with Gasteiger partial charge >= 0.3 is 9.57 Å². The molecule has 3 heteroatoms. The minimum Gasteiger partial charge on any atom is -0.388 e. The molecule has 0 unspecified atom stereocenters. The van der Waals surface area contributed by atoms with Gasteiger partial charge in [-0.25, -0.2) is 0 Å². The van der Waals surface area contributed by atoms with Gasteiger partial charge in [-0.1, -0.05) is 0 Å². The van der Waals surface area contributed by atoms with Gasteiger partial charge in [0.1, 0.15) is 0 Å². The zero-order chi connectivity index (χ0) is 5.91. The molecule has 7 heavy (non-hydrogen) atoms. The quantitative estimate of drug-likeness (QED) is 0.492. The van der Waals surface area contributed by atoms with Crippen LogP contribution in [0.5, 0.6) is 0 Å². The monoisotopic (exact) mass is 117 g/mol. The van der Waals surface area contributed by atoms with E-state index >= 15 is 0 Å². The third-order valence-electron chi connectivity index (χ3n) is 0.492. The highest BCUT2D eigenvalue weighted by Crippen LogP contribution is 1.94. The van der Waals surface area contributed by atoms with Crippen LogP contribution in [-0.4, -0.2) is 15.1 Å². The van der Waals surface area contributed by atoms with E-state index in [2.05, 4.69) is 4.98 Å². The molecular weight excluding hydrogens is 106 g/mol. The molecule has 0 aromatic rings. The summed E-state index contributed by atoms with van der Waals surface area (Å²) in [6.07, 6.45) is 0. The summed E-state index contributed by atoms with van der Waals surface area (Å²) in [6.45, 7) is 5.95. The minimum atomic E-state index is -0.791. The highest BCUT2D eigenvalue weighted by molar-refractivity contribution is 6.13. The van der Waals surface area contributed by atoms with Gasteiger partial charge in [0.05, 0.1) is 0 Å². The zero-order valence-corrected chi connectivity index (χ0v) is 6.14. The van der Waals surface area contributed by atoms with Crippen molar-refractivity contribution in [3.05, 3.63) is 0 Å². The van der Waals surface area contributed by atoms with E-state index in [0.717, 1.165) is 0 Å². The fourth-order valence-corrected chi connectivity index (χ4v) is 0.530. The van der Waals surface area contributed by atoms with Crippen LogP contribution in [0.2, 0.25) is 0 Å². The van der Waals surface area contributed by atoms with Crippen molar-refractivity contribution in [2.45, 2.75) is 26.3 Å². The molecule has 0 aliphatic rings. The molecule has 0 aromatic carbocycles. The van der Waals surface area contributed by atoms with E-state index in [1.54, 1.807) is 0 Å². The van der Waals surface area contributed by atoms with Crippen molar-refractivity contribution in [2.75, 3.05) is 0 Å². The summed E-state index contributed by atoms with van der Waals surface area (Å²) < 4.78 is 9.92. The topological polar surface area (TPSA) is 29.1 Å². The highest BCUT2D eigenvalue weighted by atomic mass is 28.2. The lowest BCUT2D eigenvalue weighted by atomic mass is 10.1. The third-order valence-corrected chi connectivity index (χ3v) is 1.48. The van der Waals surface area contributed by atoms with E-state index in [1.807, 2.05) is 20.8 Å². The van der Waals surface area contributed by atoms with Crippen LogP contribution in [0.25, 0.3) is 0 Å². The number of hydrogen-bond acceptors (Lipinski definition) is 1. The summed E-state index contributed by atoms with van der Waals surface area (Å²) in [6, 6.07) is 0. The standard InChI is InChI=1S/C4H11NOSi/c1-4(2,3)5-7-6/h5,7H,1-3H3. The first kappa shape index (κ1) is 6.82. The number of hydrogen-bond donors (Lipinski definition) is 1. The molecule has 0 spiro atoms. The summed E-state index contributed by atoms with van der Waals surface area (Å²) in [7, 11) is -0.791. The van der Waals surface area contributed by atoms with Crippen molar-refractivity contribution in [1.29, 1.82) is 0 Å². The molecule has 0 aliphatic carbocycles. The Labute approximate surface area is 46.3 Å². The maximum absolute atomic E-state index is 9.92. The molecule has 0 aromatic heterocycles. The second-order valence-electron chi connectivity index (χ2n) is 2.51. The zero-order valence-electron chi connectivity index (χ0n) is 4.99. The molecular formula is C4H11NOSi. The van der Waals surface area contributed by atoms with Crippen LogP contribution in [0, 0.1) is 0 Å². The Hall–Kier alpha value is -0.183. The van der Waals surface area contributed by atoms with Crippen LogP contribution in [0.4, 0.5) is 0 Å². The Kier molecular flexibility index (Phi) is 2.15. The first-order valence-electron chi connectivity index (χ1n) is 2.27. The van der Waals surface area contributed by atoms with Crippen LogP contribution in [-0.2, 0) is 4.46 Å². The maximum atomic E-state index is 9.92. The molecule has 0 heterocycles. The molecule has 0 rings (SSSR count). The SMILES string of the molecule is CC(C)(C)N[SiH]=O. The van der Waals surface area contributed by atoms with Crippen LogP contribution >= 0.6 is 0 Å². The lowest BCUT2D eigenvalue weighted by molar-refractivity contribution is 0.489. The average Bonchev–Trinajstić information content (AvgIpc) is 1.30. The van der Waals surface area contributed by atoms with E-state index in [-0.39, 0.29) is 5.54 Å². The molecule has 0 amide bonds. The summed E-state index contributed by atoms with van der Waals surface area (Å²) >= 11 is 0. The van der Waals surface area contributed by atoms with Crippen LogP contribution in [0.15, 0.2) is 0 Å². The van der Waals surface area contributed by atoms with Crippen molar-refractivity contribution in [3.8, 4) is 0 Å². The van der Waals surface area contributed by atoms with Crippen LogP contribution < -0.4 is 4.98 Å². The van der Waals surface area contributed by atoms with Gasteiger partial charge in [0, 0.05) is 5.54 Å². The Morgan fingerprint density at radius 3 is 1.86 bits per heavy atom. The summed E-state index contributed by atoms with van der Waals surface area (Å²) in [5.74, 6) is 0. The van der Waals surface area contributed by atoms with Crippen molar-refractivity contribution >= 4 is 9.57 Å². The molecule has 0 saturated heterocycles. The second kappa shape index (κ2) is 2.21. The lowest BCUT2D eigenvalue weighted by Crippen LogP contribution is -2.35. The van der Waals surface area contributed by atoms with Crippen molar-refractivity contribution in [1.82, 2.24) is 4.98 Å². The van der Waals surface area contributed by atoms with Crippen LogP contribution in [0.3, 0.4) is 0 Å². The molecule has 0 fully saturated rings. The molecule has 1 N–H and O–H groups in total. The van der Waals surface area contributed by atoms with Gasteiger partial charge in [0.25, 0.3) is 0 Å². The largest absolute Gasteiger partial charge is 0.388 e. The van der Waals surface area contributed by atoms with Gasteiger partial charge in [-0.2, -0.15) is 0 Å². The summed E-state index contributed by atoms with van der Waals surface area (Å²) in [5.41, 5.74) is 0.0249. The smallest absolute Gasteiger partial charge is 0.377 e.